The van der Waals surface area contributed by atoms with Crippen LogP contribution in [0.5, 0.6) is 0 Å². The Bertz CT molecular complexity index is 237. The Balaban J connectivity index is 4.24. The summed E-state index contributed by atoms with van der Waals surface area (Å²) in [4.78, 5) is 23.0. The molecule has 0 heterocycles. The van der Waals surface area contributed by atoms with Crippen LogP contribution in [-0.4, -0.2) is 30.4 Å². The van der Waals surface area contributed by atoms with Crippen molar-refractivity contribution in [1.29, 1.82) is 0 Å². The molecule has 0 unspecified atom stereocenters. The van der Waals surface area contributed by atoms with Gasteiger partial charge >= 0.3 is 6.03 Å². The molecule has 15 heavy (non-hydrogen) atoms. The van der Waals surface area contributed by atoms with Crippen LogP contribution >= 0.6 is 0 Å². The number of carbonyl (C=O) groups is 2. The lowest BCUT2D eigenvalue weighted by Gasteiger charge is -2.26. The zero-order valence-electron chi connectivity index (χ0n) is 9.89. The van der Waals surface area contributed by atoms with E-state index >= 15 is 0 Å². The molecular formula is C10H21N3O2. The highest BCUT2D eigenvalue weighted by molar-refractivity contribution is 5.92. The monoisotopic (exact) mass is 215 g/mol. The standard InChI is InChI=1S/C10H21N3O2/c1-7(2)8(14)10(3,4)13-9(15)12-6-5-11/h7H,5-6,11H2,1-4H3,(H2,12,13,15). The van der Waals surface area contributed by atoms with Gasteiger partial charge in [0.25, 0.3) is 0 Å². The van der Waals surface area contributed by atoms with Crippen LogP contribution in [-0.2, 0) is 4.79 Å². The Morgan fingerprint density at radius 1 is 1.33 bits per heavy atom. The van der Waals surface area contributed by atoms with E-state index in [-0.39, 0.29) is 17.7 Å². The molecule has 0 aliphatic rings. The maximum absolute atomic E-state index is 11.7. The fourth-order valence-electron chi connectivity index (χ4n) is 1.30. The minimum Gasteiger partial charge on any atom is -0.337 e. The van der Waals surface area contributed by atoms with Crippen LogP contribution in [0.1, 0.15) is 27.7 Å². The van der Waals surface area contributed by atoms with Gasteiger partial charge in [-0.05, 0) is 13.8 Å². The van der Waals surface area contributed by atoms with Crippen molar-refractivity contribution in [3.8, 4) is 0 Å². The van der Waals surface area contributed by atoms with Crippen LogP contribution < -0.4 is 16.4 Å². The molecule has 0 saturated heterocycles. The number of nitrogens with two attached hydrogens (primary N) is 1. The van der Waals surface area contributed by atoms with Gasteiger partial charge < -0.3 is 16.4 Å². The molecule has 0 aliphatic heterocycles. The second kappa shape index (κ2) is 5.70. The number of amides is 2. The van der Waals surface area contributed by atoms with Crippen LogP contribution in [0, 0.1) is 5.92 Å². The van der Waals surface area contributed by atoms with Crippen LogP contribution in [0.4, 0.5) is 4.79 Å². The summed E-state index contributed by atoms with van der Waals surface area (Å²) >= 11 is 0. The van der Waals surface area contributed by atoms with Gasteiger partial charge in [0.2, 0.25) is 0 Å². The Kier molecular flexibility index (Phi) is 5.28. The number of hydrogen-bond donors (Lipinski definition) is 3. The summed E-state index contributed by atoms with van der Waals surface area (Å²) in [5.41, 5.74) is 4.40. The molecule has 0 aromatic carbocycles. The van der Waals surface area contributed by atoms with Crippen molar-refractivity contribution in [3.63, 3.8) is 0 Å². The summed E-state index contributed by atoms with van der Waals surface area (Å²) in [5.74, 6) is -0.0970. The van der Waals surface area contributed by atoms with Crippen LogP contribution in [0.2, 0.25) is 0 Å². The van der Waals surface area contributed by atoms with E-state index in [4.69, 9.17) is 5.73 Å². The summed E-state index contributed by atoms with van der Waals surface area (Å²) in [7, 11) is 0. The summed E-state index contributed by atoms with van der Waals surface area (Å²) in [6.07, 6.45) is 0. The lowest BCUT2D eigenvalue weighted by molar-refractivity contribution is -0.126. The third kappa shape index (κ3) is 4.78. The van der Waals surface area contributed by atoms with Gasteiger partial charge in [-0.25, -0.2) is 4.79 Å². The average Bonchev–Trinajstić information content (AvgIpc) is 2.12. The number of rotatable bonds is 5. The molecule has 2 amide bonds. The number of hydrogen-bond acceptors (Lipinski definition) is 3. The average molecular weight is 215 g/mol. The van der Waals surface area contributed by atoms with Gasteiger partial charge in [-0.2, -0.15) is 0 Å². The fourth-order valence-corrected chi connectivity index (χ4v) is 1.30. The van der Waals surface area contributed by atoms with Gasteiger partial charge in [0.15, 0.2) is 5.78 Å². The third-order valence-electron chi connectivity index (χ3n) is 2.00. The molecule has 0 fully saturated rings. The highest BCUT2D eigenvalue weighted by Gasteiger charge is 2.30. The number of ketones is 1. The smallest absolute Gasteiger partial charge is 0.315 e. The van der Waals surface area contributed by atoms with Gasteiger partial charge in [0.05, 0.1) is 5.54 Å². The molecule has 0 aromatic rings. The zero-order chi connectivity index (χ0) is 12.1. The van der Waals surface area contributed by atoms with Crippen molar-refractivity contribution in [1.82, 2.24) is 10.6 Å². The second-order valence-corrected chi connectivity index (χ2v) is 4.31. The predicted molar refractivity (Wildman–Crippen MR) is 59.5 cm³/mol. The Labute approximate surface area is 90.8 Å². The van der Waals surface area contributed by atoms with Crippen LogP contribution in [0.15, 0.2) is 0 Å². The summed E-state index contributed by atoms with van der Waals surface area (Å²) in [5, 5.41) is 5.17. The molecule has 0 rings (SSSR count). The molecule has 0 saturated carbocycles. The van der Waals surface area contributed by atoms with Gasteiger partial charge in [-0.1, -0.05) is 13.8 Å². The van der Waals surface area contributed by atoms with Gasteiger partial charge in [0, 0.05) is 19.0 Å². The van der Waals surface area contributed by atoms with E-state index < -0.39 is 5.54 Å². The molecule has 0 aliphatic carbocycles. The van der Waals surface area contributed by atoms with E-state index in [1.807, 2.05) is 13.8 Å². The molecule has 0 bridgehead atoms. The largest absolute Gasteiger partial charge is 0.337 e. The van der Waals surface area contributed by atoms with Crippen molar-refractivity contribution >= 4 is 11.8 Å². The highest BCUT2D eigenvalue weighted by Crippen LogP contribution is 2.10. The van der Waals surface area contributed by atoms with Crippen LogP contribution in [0.3, 0.4) is 0 Å². The lowest BCUT2D eigenvalue weighted by Crippen LogP contribution is -2.54. The minimum absolute atomic E-state index is 0.00500. The van der Waals surface area contributed by atoms with E-state index in [1.54, 1.807) is 13.8 Å². The number of nitrogens with one attached hydrogen (secondary N) is 2. The first kappa shape index (κ1) is 13.9. The Morgan fingerprint density at radius 3 is 2.27 bits per heavy atom. The van der Waals surface area contributed by atoms with E-state index in [2.05, 4.69) is 10.6 Å². The van der Waals surface area contributed by atoms with E-state index in [1.165, 1.54) is 0 Å². The van der Waals surface area contributed by atoms with E-state index in [0.29, 0.717) is 13.1 Å². The minimum atomic E-state index is -0.840. The zero-order valence-corrected chi connectivity index (χ0v) is 9.89. The van der Waals surface area contributed by atoms with Gasteiger partial charge in [-0.15, -0.1) is 0 Å². The molecular weight excluding hydrogens is 194 g/mol. The summed E-state index contributed by atoms with van der Waals surface area (Å²) < 4.78 is 0. The molecule has 0 radical (unpaired) electrons. The van der Waals surface area contributed by atoms with Crippen molar-refractivity contribution in [2.45, 2.75) is 33.2 Å². The third-order valence-corrected chi connectivity index (χ3v) is 2.00. The van der Waals surface area contributed by atoms with Crippen molar-refractivity contribution < 1.29 is 9.59 Å². The van der Waals surface area contributed by atoms with Gasteiger partial charge in [-0.3, -0.25) is 4.79 Å². The quantitative estimate of drug-likeness (QED) is 0.614. The number of Topliss-reactive ketones (excluding diaryl/α,β-unsaturated/α-hetero) is 1. The first-order valence-corrected chi connectivity index (χ1v) is 5.11. The Morgan fingerprint density at radius 2 is 1.87 bits per heavy atom. The first-order valence-electron chi connectivity index (χ1n) is 5.11. The normalized spacial score (nSPS) is 11.3. The molecule has 0 spiro atoms. The summed E-state index contributed by atoms with van der Waals surface area (Å²) in [6, 6.07) is -0.362. The van der Waals surface area contributed by atoms with Crippen molar-refractivity contribution in [2.24, 2.45) is 11.7 Å². The molecule has 0 atom stereocenters. The fraction of sp³-hybridized carbons (Fsp3) is 0.800. The maximum Gasteiger partial charge on any atom is 0.315 e. The molecule has 5 heteroatoms. The number of carbonyl (C=O) groups excluding carboxylic acids is 2. The SMILES string of the molecule is CC(C)C(=O)C(C)(C)NC(=O)NCCN. The van der Waals surface area contributed by atoms with Gasteiger partial charge in [0.1, 0.15) is 0 Å². The lowest BCUT2D eigenvalue weighted by atomic mass is 9.91. The molecule has 4 N–H and O–H groups in total. The first-order chi connectivity index (χ1) is 6.81. The summed E-state index contributed by atoms with van der Waals surface area (Å²) in [6.45, 7) is 7.78. The molecule has 5 nitrogen and oxygen atoms in total. The Hall–Kier alpha value is -1.10. The molecule has 0 aromatic heterocycles. The predicted octanol–water partition coefficient (Wildman–Crippen LogP) is 0.248. The van der Waals surface area contributed by atoms with E-state index in [9.17, 15) is 9.59 Å². The van der Waals surface area contributed by atoms with Crippen molar-refractivity contribution in [3.05, 3.63) is 0 Å². The molecule has 88 valence electrons. The topological polar surface area (TPSA) is 84.2 Å². The highest BCUT2D eigenvalue weighted by atomic mass is 16.2. The van der Waals surface area contributed by atoms with Crippen molar-refractivity contribution in [2.75, 3.05) is 13.1 Å². The maximum atomic E-state index is 11.7. The second-order valence-electron chi connectivity index (χ2n) is 4.31. The number of urea groups is 1. The van der Waals surface area contributed by atoms with E-state index in [0.717, 1.165) is 0 Å². The van der Waals surface area contributed by atoms with Crippen LogP contribution in [0.25, 0.3) is 0 Å².